The zero-order valence-corrected chi connectivity index (χ0v) is 6.31. The highest BCUT2D eigenvalue weighted by molar-refractivity contribution is 7.79. The molecule has 9 heavy (non-hydrogen) atoms. The second-order valence-electron chi connectivity index (χ2n) is 2.14. The normalized spacial score (nSPS) is 17.9. The molecule has 4 nitrogen and oxygen atoms in total. The van der Waals surface area contributed by atoms with Crippen LogP contribution in [0.3, 0.4) is 0 Å². The molecule has 2 unspecified atom stereocenters. The summed E-state index contributed by atoms with van der Waals surface area (Å²) in [7, 11) is 3.60. The van der Waals surface area contributed by atoms with Gasteiger partial charge in [-0.3, -0.25) is 0 Å². The van der Waals surface area contributed by atoms with Gasteiger partial charge in [-0.15, -0.1) is 0 Å². The Labute approximate surface area is 56.8 Å². The fourth-order valence-electron chi connectivity index (χ4n) is 0.421. The molecule has 0 heterocycles. The van der Waals surface area contributed by atoms with E-state index in [1.165, 1.54) is 0 Å². The molecule has 5 heteroatoms. The molecule has 0 fully saturated rings. The van der Waals surface area contributed by atoms with Crippen LogP contribution in [-0.4, -0.2) is 39.9 Å². The van der Waals surface area contributed by atoms with Crippen molar-refractivity contribution in [3.63, 3.8) is 0 Å². The van der Waals surface area contributed by atoms with Crippen LogP contribution in [-0.2, 0) is 11.1 Å². The first-order valence-electron chi connectivity index (χ1n) is 2.60. The Hall–Kier alpha value is 0.0300. The zero-order valence-electron chi connectivity index (χ0n) is 5.50. The third-order valence-electron chi connectivity index (χ3n) is 0.816. The largest absolute Gasteiger partial charge is 0.373 e. The summed E-state index contributed by atoms with van der Waals surface area (Å²) >= 11 is -2.10. The number of nitrogens with one attached hydrogen (secondary N) is 1. The molecule has 0 saturated heterocycles. The molecular weight excluding hydrogens is 142 g/mol. The van der Waals surface area contributed by atoms with Gasteiger partial charge in [-0.1, -0.05) is 0 Å². The summed E-state index contributed by atoms with van der Waals surface area (Å²) in [6.07, 6.45) is 0. The summed E-state index contributed by atoms with van der Waals surface area (Å²) in [6, 6.07) is 0. The van der Waals surface area contributed by atoms with Crippen molar-refractivity contribution in [3.05, 3.63) is 0 Å². The quantitative estimate of drug-likeness (QED) is 0.400. The van der Waals surface area contributed by atoms with Gasteiger partial charge < -0.3 is 14.6 Å². The summed E-state index contributed by atoms with van der Waals surface area (Å²) in [5, 5.41) is 8.73. The number of likely N-dealkylation sites (N-methyl/N-ethyl adjacent to an activating group) is 1. The number of hydrogen-bond acceptors (Lipinski definition) is 2. The Kier molecular flexibility index (Phi) is 3.96. The maximum absolute atomic E-state index is 10.1. The van der Waals surface area contributed by atoms with Crippen molar-refractivity contribution in [1.82, 2.24) is 0 Å². The first kappa shape index (κ1) is 9.03. The molecule has 0 aliphatic rings. The van der Waals surface area contributed by atoms with Crippen LogP contribution in [0.25, 0.3) is 0 Å². The fourth-order valence-corrected chi connectivity index (χ4v) is 0.896. The Morgan fingerprint density at radius 3 is 2.22 bits per heavy atom. The molecule has 0 aliphatic heterocycles. The van der Waals surface area contributed by atoms with Crippen LogP contribution in [0.5, 0.6) is 0 Å². The lowest BCUT2D eigenvalue weighted by Crippen LogP contribution is -3.07. The lowest BCUT2D eigenvalue weighted by molar-refractivity contribution is -0.860. The highest BCUT2D eigenvalue weighted by atomic mass is 32.2. The molecule has 0 aromatic carbocycles. The number of aliphatic hydroxyl groups excluding tert-OH is 1. The van der Waals surface area contributed by atoms with Gasteiger partial charge in [0.2, 0.25) is 5.44 Å². The van der Waals surface area contributed by atoms with Gasteiger partial charge >= 0.3 is 0 Å². The molecule has 0 radical (unpaired) electrons. The van der Waals surface area contributed by atoms with E-state index >= 15 is 0 Å². The van der Waals surface area contributed by atoms with Crippen LogP contribution in [0, 0.1) is 0 Å². The lowest BCUT2D eigenvalue weighted by Gasteiger charge is -2.09. The smallest absolute Gasteiger partial charge is 0.204 e. The predicted octanol–water partition coefficient (Wildman–Crippen LogP) is -2.33. The Morgan fingerprint density at radius 1 is 1.67 bits per heavy atom. The number of rotatable bonds is 3. The van der Waals surface area contributed by atoms with Crippen LogP contribution in [0.4, 0.5) is 0 Å². The van der Waals surface area contributed by atoms with Crippen molar-refractivity contribution in [1.29, 1.82) is 0 Å². The van der Waals surface area contributed by atoms with E-state index in [0.29, 0.717) is 6.54 Å². The molecule has 0 aromatic rings. The molecule has 0 aromatic heterocycles. The van der Waals surface area contributed by atoms with E-state index in [2.05, 4.69) is 0 Å². The van der Waals surface area contributed by atoms with Gasteiger partial charge in [0.05, 0.1) is 14.1 Å². The lowest BCUT2D eigenvalue weighted by atomic mass is 10.6. The molecule has 0 spiro atoms. The van der Waals surface area contributed by atoms with Crippen molar-refractivity contribution in [3.8, 4) is 0 Å². The minimum absolute atomic E-state index is 0.295. The first-order valence-corrected chi connectivity index (χ1v) is 3.77. The molecule has 0 rings (SSSR count). The van der Waals surface area contributed by atoms with Crippen molar-refractivity contribution in [2.75, 3.05) is 20.6 Å². The minimum Gasteiger partial charge on any atom is -0.373 e. The molecule has 0 amide bonds. The van der Waals surface area contributed by atoms with Crippen LogP contribution in [0.2, 0.25) is 0 Å². The third kappa shape index (κ3) is 4.53. The van der Waals surface area contributed by atoms with E-state index in [-0.39, 0.29) is 0 Å². The molecule has 0 bridgehead atoms. The van der Waals surface area contributed by atoms with Crippen LogP contribution >= 0.6 is 0 Å². The van der Waals surface area contributed by atoms with Crippen LogP contribution in [0.1, 0.15) is 0 Å². The van der Waals surface area contributed by atoms with Gasteiger partial charge in [-0.2, -0.15) is 0 Å². The van der Waals surface area contributed by atoms with E-state index < -0.39 is 16.5 Å². The number of quaternary nitrogens is 1. The first-order chi connectivity index (χ1) is 4.04. The van der Waals surface area contributed by atoms with E-state index in [4.69, 9.17) is 9.66 Å². The van der Waals surface area contributed by atoms with Gasteiger partial charge in [0.25, 0.3) is 0 Å². The standard InChI is InChI=1S/C4H11NO3S/c1-5(2)3-4(6)9(7)8/h4,6H,3H2,1-2H3,(H,7,8)/p+1. The van der Waals surface area contributed by atoms with E-state index in [0.717, 1.165) is 4.90 Å². The Balaban J connectivity index is 3.50. The molecule has 2 atom stereocenters. The van der Waals surface area contributed by atoms with Gasteiger partial charge in [0.1, 0.15) is 6.54 Å². The Morgan fingerprint density at radius 2 is 2.11 bits per heavy atom. The van der Waals surface area contributed by atoms with Gasteiger partial charge in [-0.25, -0.2) is 4.21 Å². The summed E-state index contributed by atoms with van der Waals surface area (Å²) < 4.78 is 18.4. The molecule has 0 aliphatic carbocycles. The maximum atomic E-state index is 10.1. The van der Waals surface area contributed by atoms with Crippen molar-refractivity contribution < 1.29 is 18.8 Å². The average molecular weight is 154 g/mol. The highest BCUT2D eigenvalue weighted by Gasteiger charge is 2.13. The molecular formula is C4H12NO3S+. The van der Waals surface area contributed by atoms with Crippen molar-refractivity contribution in [2.45, 2.75) is 5.44 Å². The maximum Gasteiger partial charge on any atom is 0.204 e. The number of hydrogen-bond donors (Lipinski definition) is 3. The molecule has 56 valence electrons. The monoisotopic (exact) mass is 154 g/mol. The van der Waals surface area contributed by atoms with Crippen LogP contribution < -0.4 is 4.90 Å². The summed E-state index contributed by atoms with van der Waals surface area (Å²) in [6.45, 7) is 0.295. The predicted molar refractivity (Wildman–Crippen MR) is 34.5 cm³/mol. The van der Waals surface area contributed by atoms with Crippen molar-refractivity contribution >= 4 is 11.1 Å². The third-order valence-corrected chi connectivity index (χ3v) is 1.45. The second-order valence-corrected chi connectivity index (χ2v) is 3.24. The molecule has 3 N–H and O–H groups in total. The molecule has 0 saturated carbocycles. The average Bonchev–Trinajstić information content (AvgIpc) is 1.63. The summed E-state index contributed by atoms with van der Waals surface area (Å²) in [4.78, 5) is 0.949. The second kappa shape index (κ2) is 3.94. The SMILES string of the molecule is C[NH+](C)CC(O)S(=O)O. The van der Waals surface area contributed by atoms with E-state index in [1.807, 2.05) is 0 Å². The van der Waals surface area contributed by atoms with Gasteiger partial charge in [0.15, 0.2) is 11.1 Å². The summed E-state index contributed by atoms with van der Waals surface area (Å²) in [5.74, 6) is 0. The van der Waals surface area contributed by atoms with Gasteiger partial charge in [0, 0.05) is 0 Å². The van der Waals surface area contributed by atoms with Gasteiger partial charge in [-0.05, 0) is 0 Å². The fraction of sp³-hybridized carbons (Fsp3) is 1.00. The van der Waals surface area contributed by atoms with E-state index in [9.17, 15) is 4.21 Å². The topological polar surface area (TPSA) is 62.0 Å². The summed E-state index contributed by atoms with van der Waals surface area (Å²) in [5.41, 5.74) is -1.12. The Bertz CT molecular complexity index is 106. The minimum atomic E-state index is -2.10. The van der Waals surface area contributed by atoms with E-state index in [1.54, 1.807) is 14.1 Å². The highest BCUT2D eigenvalue weighted by Crippen LogP contribution is 1.80. The zero-order chi connectivity index (χ0) is 7.44. The number of aliphatic hydroxyl groups is 1. The van der Waals surface area contributed by atoms with Crippen molar-refractivity contribution in [2.24, 2.45) is 0 Å². The van der Waals surface area contributed by atoms with Crippen LogP contribution in [0.15, 0.2) is 0 Å².